The first kappa shape index (κ1) is 10.8. The third-order valence-electron chi connectivity index (χ3n) is 2.56. The van der Waals surface area contributed by atoms with E-state index in [0.717, 1.165) is 0 Å². The summed E-state index contributed by atoms with van der Waals surface area (Å²) >= 11 is -0.591. The van der Waals surface area contributed by atoms with Gasteiger partial charge in [0.1, 0.15) is 0 Å². The van der Waals surface area contributed by atoms with Gasteiger partial charge in [0.15, 0.2) is 0 Å². The number of benzene rings is 2. The zero-order valence-corrected chi connectivity index (χ0v) is 12.0. The van der Waals surface area contributed by atoms with Crippen molar-refractivity contribution in [2.45, 2.75) is 13.8 Å². The Morgan fingerprint density at radius 2 is 1.07 bits per heavy atom. The predicted octanol–water partition coefficient (Wildman–Crippen LogP) is 1.69. The van der Waals surface area contributed by atoms with Gasteiger partial charge in [0.2, 0.25) is 0 Å². The third kappa shape index (κ3) is 2.63. The molecule has 0 aliphatic rings. The summed E-state index contributed by atoms with van der Waals surface area (Å²) in [6.45, 7) is 4.43. The minimum atomic E-state index is -0.591. The zero-order valence-electron chi connectivity index (χ0n) is 9.12. The number of aryl methyl sites for hydroxylation is 2. The van der Waals surface area contributed by atoms with Gasteiger partial charge in [0.25, 0.3) is 0 Å². The maximum absolute atomic E-state index is 2.29. The Morgan fingerprint density at radius 3 is 1.47 bits per heavy atom. The molecule has 15 heavy (non-hydrogen) atoms. The van der Waals surface area contributed by atoms with Crippen molar-refractivity contribution in [2.75, 3.05) is 0 Å². The molecule has 0 bridgehead atoms. The van der Waals surface area contributed by atoms with E-state index in [1.165, 1.54) is 11.1 Å². The van der Waals surface area contributed by atoms with Crippen molar-refractivity contribution in [1.82, 2.24) is 0 Å². The Bertz CT molecular complexity index is 417. The molecule has 76 valence electrons. The second-order valence-electron chi connectivity index (χ2n) is 3.75. The average Bonchev–Trinajstić information content (AvgIpc) is 2.24. The molecule has 2 aromatic carbocycles. The third-order valence-corrected chi connectivity index (χ3v) is 7.30. The Labute approximate surface area is 102 Å². The number of rotatable bonds is 2. The van der Waals surface area contributed by atoms with Gasteiger partial charge in [-0.1, -0.05) is 0 Å². The van der Waals surface area contributed by atoms with Crippen LogP contribution in [0.2, 0.25) is 0 Å². The SMILES string of the molecule is Cc1cccc[c]1[SbH][c]1ccccc1C. The summed E-state index contributed by atoms with van der Waals surface area (Å²) in [7, 11) is 0. The molecule has 0 nitrogen and oxygen atoms in total. The zero-order chi connectivity index (χ0) is 10.7. The molecular weight excluding hydrogens is 290 g/mol. The Kier molecular flexibility index (Phi) is 3.48. The quantitative estimate of drug-likeness (QED) is 0.741. The number of hydrogen-bond donors (Lipinski definition) is 0. The summed E-state index contributed by atoms with van der Waals surface area (Å²) in [4.78, 5) is 0. The molecule has 0 atom stereocenters. The van der Waals surface area contributed by atoms with Crippen molar-refractivity contribution in [3.05, 3.63) is 59.7 Å². The van der Waals surface area contributed by atoms with Crippen LogP contribution in [0, 0.1) is 13.8 Å². The summed E-state index contributed by atoms with van der Waals surface area (Å²) in [5.74, 6) is 0. The fraction of sp³-hybridized carbons (Fsp3) is 0.143. The molecule has 0 saturated heterocycles. The summed E-state index contributed by atoms with van der Waals surface area (Å²) in [6, 6.07) is 17.6. The molecule has 0 spiro atoms. The second-order valence-corrected chi connectivity index (χ2v) is 7.54. The normalized spacial score (nSPS) is 10.3. The van der Waals surface area contributed by atoms with Gasteiger partial charge in [0, 0.05) is 0 Å². The average molecular weight is 305 g/mol. The van der Waals surface area contributed by atoms with Gasteiger partial charge >= 0.3 is 102 Å². The van der Waals surface area contributed by atoms with E-state index in [9.17, 15) is 0 Å². The van der Waals surface area contributed by atoms with Crippen molar-refractivity contribution in [3.63, 3.8) is 0 Å². The molecule has 0 amide bonds. The molecule has 0 aliphatic carbocycles. The van der Waals surface area contributed by atoms with Crippen LogP contribution in [0.3, 0.4) is 0 Å². The Hall–Kier alpha value is -0.742. The van der Waals surface area contributed by atoms with E-state index >= 15 is 0 Å². The van der Waals surface area contributed by atoms with Gasteiger partial charge < -0.3 is 0 Å². The van der Waals surface area contributed by atoms with Crippen LogP contribution in [0.15, 0.2) is 48.5 Å². The van der Waals surface area contributed by atoms with Gasteiger partial charge in [-0.2, -0.15) is 0 Å². The molecule has 0 unspecified atom stereocenters. The Balaban J connectivity index is 2.30. The van der Waals surface area contributed by atoms with Crippen LogP contribution in [0.4, 0.5) is 0 Å². The van der Waals surface area contributed by atoms with Crippen molar-refractivity contribution in [1.29, 1.82) is 0 Å². The van der Waals surface area contributed by atoms with Crippen LogP contribution >= 0.6 is 0 Å². The molecule has 0 N–H and O–H groups in total. The van der Waals surface area contributed by atoms with Crippen molar-refractivity contribution < 1.29 is 0 Å². The second kappa shape index (κ2) is 4.85. The molecule has 0 aliphatic heterocycles. The monoisotopic (exact) mass is 304 g/mol. The van der Waals surface area contributed by atoms with Crippen LogP contribution < -0.4 is 7.02 Å². The van der Waals surface area contributed by atoms with Gasteiger partial charge in [0.05, 0.1) is 0 Å². The fourth-order valence-electron chi connectivity index (χ4n) is 1.57. The van der Waals surface area contributed by atoms with E-state index < -0.39 is 21.6 Å². The van der Waals surface area contributed by atoms with Crippen molar-refractivity contribution >= 4 is 28.6 Å². The fourth-order valence-corrected chi connectivity index (χ4v) is 5.03. The van der Waals surface area contributed by atoms with Crippen LogP contribution in [0.25, 0.3) is 0 Å². The molecule has 0 saturated carbocycles. The van der Waals surface area contributed by atoms with Gasteiger partial charge in [-0.15, -0.1) is 0 Å². The first-order chi connectivity index (χ1) is 7.27. The van der Waals surface area contributed by atoms with Crippen LogP contribution in [-0.4, -0.2) is 21.6 Å². The Morgan fingerprint density at radius 1 is 0.667 bits per heavy atom. The van der Waals surface area contributed by atoms with E-state index in [1.807, 2.05) is 0 Å². The predicted molar refractivity (Wildman–Crippen MR) is 68.8 cm³/mol. The van der Waals surface area contributed by atoms with Gasteiger partial charge in [-0.05, 0) is 0 Å². The van der Waals surface area contributed by atoms with Gasteiger partial charge in [-0.25, -0.2) is 0 Å². The first-order valence-corrected chi connectivity index (χ1v) is 8.01. The summed E-state index contributed by atoms with van der Waals surface area (Å²) in [5, 5.41) is 0. The standard InChI is InChI=1S/2C7H7.Sb.H/c2*1-7-5-3-2-4-6-7;;/h2*2-5H,1H3;;. The molecule has 2 rings (SSSR count). The van der Waals surface area contributed by atoms with Crippen LogP contribution in [-0.2, 0) is 0 Å². The molecule has 0 aromatic heterocycles. The summed E-state index contributed by atoms with van der Waals surface area (Å²) < 4.78 is 3.19. The van der Waals surface area contributed by atoms with E-state index in [0.29, 0.717) is 0 Å². The topological polar surface area (TPSA) is 0 Å². The summed E-state index contributed by atoms with van der Waals surface area (Å²) in [5.41, 5.74) is 2.90. The molecule has 2 aromatic rings. The number of hydrogen-bond acceptors (Lipinski definition) is 0. The minimum absolute atomic E-state index is 0.591. The van der Waals surface area contributed by atoms with E-state index in [2.05, 4.69) is 62.4 Å². The van der Waals surface area contributed by atoms with Crippen molar-refractivity contribution in [3.8, 4) is 0 Å². The molecule has 1 heteroatoms. The van der Waals surface area contributed by atoms with E-state index in [4.69, 9.17) is 0 Å². The molecular formula is C14H15Sb. The van der Waals surface area contributed by atoms with Crippen LogP contribution in [0.1, 0.15) is 11.1 Å². The van der Waals surface area contributed by atoms with Crippen molar-refractivity contribution in [2.24, 2.45) is 0 Å². The van der Waals surface area contributed by atoms with E-state index in [-0.39, 0.29) is 0 Å². The van der Waals surface area contributed by atoms with Crippen LogP contribution in [0.5, 0.6) is 0 Å². The summed E-state index contributed by atoms with van der Waals surface area (Å²) in [6.07, 6.45) is 0. The molecule has 0 radical (unpaired) electrons. The van der Waals surface area contributed by atoms with E-state index in [1.54, 1.807) is 7.02 Å². The molecule has 0 fully saturated rings. The maximum atomic E-state index is 2.29. The van der Waals surface area contributed by atoms with Gasteiger partial charge in [-0.3, -0.25) is 0 Å². The molecule has 0 heterocycles. The first-order valence-electron chi connectivity index (χ1n) is 5.15.